The summed E-state index contributed by atoms with van der Waals surface area (Å²) in [7, 11) is 3.19. The van der Waals surface area contributed by atoms with Gasteiger partial charge in [-0.15, -0.1) is 10.2 Å². The molecule has 0 N–H and O–H groups in total. The lowest BCUT2D eigenvalue weighted by Gasteiger charge is -2.07. The smallest absolute Gasteiger partial charge is 0.248 e. The molecule has 0 fully saturated rings. The van der Waals surface area contributed by atoms with Gasteiger partial charge in [0.25, 0.3) is 0 Å². The molecule has 0 unspecified atom stereocenters. The molecule has 0 aliphatic heterocycles. The van der Waals surface area contributed by atoms with E-state index in [1.165, 1.54) is 0 Å². The van der Waals surface area contributed by atoms with Crippen LogP contribution >= 0.6 is 0 Å². The van der Waals surface area contributed by atoms with Gasteiger partial charge >= 0.3 is 0 Å². The van der Waals surface area contributed by atoms with Gasteiger partial charge in [-0.25, -0.2) is 0 Å². The van der Waals surface area contributed by atoms with Crippen molar-refractivity contribution in [3.63, 3.8) is 0 Å². The van der Waals surface area contributed by atoms with E-state index in [-0.39, 0.29) is 0 Å². The molecule has 0 bridgehead atoms. The first-order valence-corrected chi connectivity index (χ1v) is 6.84. The summed E-state index contributed by atoms with van der Waals surface area (Å²) in [6, 6.07) is 13.4. The van der Waals surface area contributed by atoms with Gasteiger partial charge in [0.2, 0.25) is 11.8 Å². The van der Waals surface area contributed by atoms with Crippen molar-refractivity contribution in [2.75, 3.05) is 14.2 Å². The molecule has 1 heterocycles. The van der Waals surface area contributed by atoms with Crippen LogP contribution in [0.15, 0.2) is 46.9 Å². The summed E-state index contributed by atoms with van der Waals surface area (Å²) >= 11 is 0. The number of ether oxygens (including phenoxy) is 2. The number of hydrogen-bond donors (Lipinski definition) is 0. The third kappa shape index (κ3) is 2.65. The molecule has 0 atom stereocenters. The van der Waals surface area contributed by atoms with Gasteiger partial charge in [0.15, 0.2) is 11.5 Å². The van der Waals surface area contributed by atoms with Gasteiger partial charge in [-0.3, -0.25) is 0 Å². The van der Waals surface area contributed by atoms with Crippen molar-refractivity contribution >= 4 is 0 Å². The van der Waals surface area contributed by atoms with Crippen LogP contribution in [0, 0.1) is 6.92 Å². The van der Waals surface area contributed by atoms with Crippen molar-refractivity contribution < 1.29 is 13.9 Å². The molecular formula is C17H16N2O3. The molecule has 5 heteroatoms. The lowest BCUT2D eigenvalue weighted by atomic mass is 10.1. The molecule has 112 valence electrons. The van der Waals surface area contributed by atoms with E-state index in [1.807, 2.05) is 49.4 Å². The maximum absolute atomic E-state index is 5.77. The summed E-state index contributed by atoms with van der Waals surface area (Å²) in [6.07, 6.45) is 0. The molecule has 2 aromatic carbocycles. The largest absolute Gasteiger partial charge is 0.493 e. The molecule has 3 rings (SSSR count). The molecule has 0 spiro atoms. The fraction of sp³-hybridized carbons (Fsp3) is 0.176. The van der Waals surface area contributed by atoms with E-state index in [9.17, 15) is 0 Å². The van der Waals surface area contributed by atoms with Gasteiger partial charge in [0.1, 0.15) is 0 Å². The first-order chi connectivity index (χ1) is 10.7. The van der Waals surface area contributed by atoms with Crippen molar-refractivity contribution in [1.29, 1.82) is 0 Å². The molecule has 22 heavy (non-hydrogen) atoms. The number of methoxy groups -OCH3 is 2. The second kappa shape index (κ2) is 5.89. The Morgan fingerprint density at radius 2 is 1.50 bits per heavy atom. The molecule has 0 aliphatic rings. The first-order valence-electron chi connectivity index (χ1n) is 6.84. The summed E-state index contributed by atoms with van der Waals surface area (Å²) < 4.78 is 16.3. The summed E-state index contributed by atoms with van der Waals surface area (Å²) in [5, 5.41) is 8.22. The Hall–Kier alpha value is -2.82. The van der Waals surface area contributed by atoms with Crippen molar-refractivity contribution in [1.82, 2.24) is 10.2 Å². The van der Waals surface area contributed by atoms with Gasteiger partial charge in [-0.05, 0) is 37.3 Å². The Labute approximate surface area is 128 Å². The molecule has 0 saturated carbocycles. The van der Waals surface area contributed by atoms with Crippen LogP contribution < -0.4 is 9.47 Å². The van der Waals surface area contributed by atoms with Crippen molar-refractivity contribution in [2.45, 2.75) is 6.92 Å². The van der Waals surface area contributed by atoms with Crippen LogP contribution in [-0.4, -0.2) is 24.4 Å². The van der Waals surface area contributed by atoms with Crippen LogP contribution in [0.2, 0.25) is 0 Å². The SMILES string of the molecule is COc1ccc(-c2nnc(-c3cccc(C)c3)o2)cc1OC. The zero-order valence-electron chi connectivity index (χ0n) is 12.7. The number of hydrogen-bond acceptors (Lipinski definition) is 5. The molecule has 1 aromatic heterocycles. The molecule has 0 aliphatic carbocycles. The van der Waals surface area contributed by atoms with E-state index in [0.717, 1.165) is 16.7 Å². The molecule has 0 amide bonds. The second-order valence-corrected chi connectivity index (χ2v) is 4.85. The van der Waals surface area contributed by atoms with Crippen molar-refractivity contribution in [3.8, 4) is 34.4 Å². The molecular weight excluding hydrogens is 280 g/mol. The van der Waals surface area contributed by atoms with Gasteiger partial charge in [0, 0.05) is 11.1 Å². The Kier molecular flexibility index (Phi) is 3.78. The third-order valence-corrected chi connectivity index (χ3v) is 3.32. The van der Waals surface area contributed by atoms with Crippen LogP contribution in [-0.2, 0) is 0 Å². The average molecular weight is 296 g/mol. The summed E-state index contributed by atoms with van der Waals surface area (Å²) in [5.74, 6) is 2.21. The number of aromatic nitrogens is 2. The fourth-order valence-electron chi connectivity index (χ4n) is 2.20. The quantitative estimate of drug-likeness (QED) is 0.734. The molecule has 0 radical (unpaired) electrons. The van der Waals surface area contributed by atoms with Crippen LogP contribution in [0.1, 0.15) is 5.56 Å². The summed E-state index contributed by atoms with van der Waals surface area (Å²) in [6.45, 7) is 2.02. The highest BCUT2D eigenvalue weighted by Gasteiger charge is 2.13. The lowest BCUT2D eigenvalue weighted by molar-refractivity contribution is 0.355. The van der Waals surface area contributed by atoms with E-state index in [0.29, 0.717) is 23.3 Å². The van der Waals surface area contributed by atoms with Crippen LogP contribution in [0.4, 0.5) is 0 Å². The Balaban J connectivity index is 1.97. The highest BCUT2D eigenvalue weighted by molar-refractivity contribution is 5.62. The molecule has 5 nitrogen and oxygen atoms in total. The predicted molar refractivity (Wildman–Crippen MR) is 83.0 cm³/mol. The van der Waals surface area contributed by atoms with E-state index >= 15 is 0 Å². The monoisotopic (exact) mass is 296 g/mol. The minimum Gasteiger partial charge on any atom is -0.493 e. The maximum Gasteiger partial charge on any atom is 0.248 e. The number of nitrogens with zero attached hydrogens (tertiary/aromatic N) is 2. The molecule has 0 saturated heterocycles. The number of benzene rings is 2. The van der Waals surface area contributed by atoms with E-state index in [1.54, 1.807) is 14.2 Å². The zero-order chi connectivity index (χ0) is 15.5. The van der Waals surface area contributed by atoms with Crippen molar-refractivity contribution in [3.05, 3.63) is 48.0 Å². The van der Waals surface area contributed by atoms with Gasteiger partial charge in [-0.1, -0.05) is 17.7 Å². The number of rotatable bonds is 4. The summed E-state index contributed by atoms with van der Waals surface area (Å²) in [4.78, 5) is 0. The fourth-order valence-corrected chi connectivity index (χ4v) is 2.20. The third-order valence-electron chi connectivity index (χ3n) is 3.32. The van der Waals surface area contributed by atoms with E-state index in [4.69, 9.17) is 13.9 Å². The van der Waals surface area contributed by atoms with Gasteiger partial charge < -0.3 is 13.9 Å². The van der Waals surface area contributed by atoms with E-state index in [2.05, 4.69) is 10.2 Å². The zero-order valence-corrected chi connectivity index (χ0v) is 12.7. The first kappa shape index (κ1) is 14.1. The Bertz CT molecular complexity index is 796. The predicted octanol–water partition coefficient (Wildman–Crippen LogP) is 3.73. The maximum atomic E-state index is 5.77. The topological polar surface area (TPSA) is 57.4 Å². The minimum atomic E-state index is 0.442. The van der Waals surface area contributed by atoms with Gasteiger partial charge in [-0.2, -0.15) is 0 Å². The highest BCUT2D eigenvalue weighted by Crippen LogP contribution is 2.32. The van der Waals surface area contributed by atoms with Crippen LogP contribution in [0.25, 0.3) is 22.9 Å². The Morgan fingerprint density at radius 1 is 0.818 bits per heavy atom. The van der Waals surface area contributed by atoms with Crippen LogP contribution in [0.3, 0.4) is 0 Å². The second-order valence-electron chi connectivity index (χ2n) is 4.85. The van der Waals surface area contributed by atoms with E-state index < -0.39 is 0 Å². The molecule has 3 aromatic rings. The standard InChI is InChI=1S/C17H16N2O3/c1-11-5-4-6-12(9-11)16-18-19-17(22-16)13-7-8-14(20-2)15(10-13)21-3/h4-10H,1-3H3. The normalized spacial score (nSPS) is 10.5. The Morgan fingerprint density at radius 3 is 2.14 bits per heavy atom. The van der Waals surface area contributed by atoms with Gasteiger partial charge in [0.05, 0.1) is 14.2 Å². The van der Waals surface area contributed by atoms with Crippen molar-refractivity contribution in [2.24, 2.45) is 0 Å². The highest BCUT2D eigenvalue weighted by atomic mass is 16.5. The summed E-state index contributed by atoms with van der Waals surface area (Å²) in [5.41, 5.74) is 2.83. The average Bonchev–Trinajstić information content (AvgIpc) is 3.04. The number of aryl methyl sites for hydroxylation is 1. The minimum absolute atomic E-state index is 0.442. The lowest BCUT2D eigenvalue weighted by Crippen LogP contribution is -1.90. The van der Waals surface area contributed by atoms with Crippen LogP contribution in [0.5, 0.6) is 11.5 Å².